The zero-order valence-electron chi connectivity index (χ0n) is 21.9. The van der Waals surface area contributed by atoms with Crippen molar-refractivity contribution in [2.45, 2.75) is 70.1 Å². The lowest BCUT2D eigenvalue weighted by Crippen LogP contribution is -2.58. The van der Waals surface area contributed by atoms with E-state index in [1.54, 1.807) is 10.9 Å². The van der Waals surface area contributed by atoms with E-state index in [9.17, 15) is 34.6 Å². The molecule has 1 saturated heterocycles. The molecule has 1 aliphatic rings. The number of hydrogen-bond acceptors (Lipinski definition) is 13. The van der Waals surface area contributed by atoms with E-state index in [4.69, 9.17) is 19.1 Å². The predicted octanol–water partition coefficient (Wildman–Crippen LogP) is -2.44. The molecular formula is C22H35N5O12P+. The summed E-state index contributed by atoms with van der Waals surface area (Å²) in [6, 6.07) is 0. The number of aromatic nitrogens is 5. The van der Waals surface area contributed by atoms with Crippen LogP contribution in [0.1, 0.15) is 30.3 Å². The van der Waals surface area contributed by atoms with Crippen molar-refractivity contribution in [1.82, 2.24) is 24.1 Å². The van der Waals surface area contributed by atoms with Gasteiger partial charge in [0.2, 0.25) is 0 Å². The van der Waals surface area contributed by atoms with Gasteiger partial charge in [0.15, 0.2) is 6.23 Å². The Kier molecular flexibility index (Phi) is 12.5. The fraction of sp³-hybridized carbons (Fsp3) is 0.727. The molecule has 0 aliphatic carbocycles. The molecule has 1 fully saturated rings. The van der Waals surface area contributed by atoms with Crippen molar-refractivity contribution in [2.24, 2.45) is 0 Å². The van der Waals surface area contributed by atoms with Crippen LogP contribution in [0.25, 0.3) is 0 Å². The van der Waals surface area contributed by atoms with E-state index in [0.717, 1.165) is 9.13 Å². The van der Waals surface area contributed by atoms with E-state index < -0.39 is 56.8 Å². The van der Waals surface area contributed by atoms with Crippen LogP contribution >= 0.6 is 8.25 Å². The van der Waals surface area contributed by atoms with E-state index in [2.05, 4.69) is 14.8 Å². The topological polar surface area (TPSA) is 230 Å². The first-order valence-corrected chi connectivity index (χ1v) is 13.7. The summed E-state index contributed by atoms with van der Waals surface area (Å²) in [5.41, 5.74) is -0.469. The quantitative estimate of drug-likeness (QED) is 0.101. The zero-order valence-corrected chi connectivity index (χ0v) is 22.8. The molecular weight excluding hydrogens is 557 g/mol. The minimum absolute atomic E-state index is 0.00687. The van der Waals surface area contributed by atoms with Crippen LogP contribution in [0.4, 0.5) is 0 Å². The van der Waals surface area contributed by atoms with E-state index in [-0.39, 0.29) is 45.1 Å². The van der Waals surface area contributed by atoms with E-state index in [1.165, 1.54) is 13.1 Å². The number of aliphatic hydroxyl groups is 4. The fourth-order valence-electron chi connectivity index (χ4n) is 4.08. The largest absolute Gasteiger partial charge is 0.694 e. The van der Waals surface area contributed by atoms with Crippen LogP contribution in [0.2, 0.25) is 0 Å². The molecule has 0 spiro atoms. The lowest BCUT2D eigenvalue weighted by atomic mass is 9.98. The maximum absolute atomic E-state index is 13.1. The molecule has 3 rings (SSSR count). The highest BCUT2D eigenvalue weighted by atomic mass is 31.1. The normalized spacial score (nSPS) is 23.4. The van der Waals surface area contributed by atoms with Crippen molar-refractivity contribution in [3.8, 4) is 0 Å². The van der Waals surface area contributed by atoms with Crippen LogP contribution in [0.3, 0.4) is 0 Å². The Labute approximate surface area is 229 Å². The van der Waals surface area contributed by atoms with Crippen LogP contribution in [-0.2, 0) is 43.0 Å². The fourth-order valence-corrected chi connectivity index (χ4v) is 4.31. The smallest absolute Gasteiger partial charge is 0.394 e. The van der Waals surface area contributed by atoms with Crippen LogP contribution < -0.4 is 11.2 Å². The first-order chi connectivity index (χ1) is 19.1. The maximum atomic E-state index is 13.1. The first kappa shape index (κ1) is 32.1. The Morgan fingerprint density at radius 3 is 2.42 bits per heavy atom. The van der Waals surface area contributed by atoms with E-state index in [1.807, 2.05) is 0 Å². The van der Waals surface area contributed by atoms with E-state index >= 15 is 0 Å². The molecule has 40 heavy (non-hydrogen) atoms. The molecule has 18 heteroatoms. The number of rotatable bonds is 16. The van der Waals surface area contributed by atoms with Gasteiger partial charge in [0.25, 0.3) is 5.56 Å². The number of ether oxygens (including phenoxy) is 3. The van der Waals surface area contributed by atoms with Gasteiger partial charge < -0.3 is 34.6 Å². The number of aliphatic hydroxyl groups excluding tert-OH is 4. The molecule has 0 saturated carbocycles. The molecule has 1 aliphatic heterocycles. The Morgan fingerprint density at radius 1 is 1.00 bits per heavy atom. The van der Waals surface area contributed by atoms with Gasteiger partial charge in [-0.2, -0.15) is 0 Å². The predicted molar refractivity (Wildman–Crippen MR) is 134 cm³/mol. The van der Waals surface area contributed by atoms with Crippen LogP contribution in [0, 0.1) is 6.92 Å². The van der Waals surface area contributed by atoms with Crippen molar-refractivity contribution in [1.29, 1.82) is 0 Å². The highest BCUT2D eigenvalue weighted by Crippen LogP contribution is 2.27. The van der Waals surface area contributed by atoms with Gasteiger partial charge >= 0.3 is 13.9 Å². The van der Waals surface area contributed by atoms with Crippen LogP contribution in [-0.4, -0.2) is 107 Å². The third-order valence-electron chi connectivity index (χ3n) is 6.16. The number of unbranched alkanes of at least 4 members (excludes halogenated alkanes) is 1. The number of nitrogens with zero attached hydrogens (tertiary/aromatic N) is 5. The molecule has 17 nitrogen and oxygen atoms in total. The molecule has 2 aromatic heterocycles. The van der Waals surface area contributed by atoms with E-state index in [0.29, 0.717) is 25.1 Å². The summed E-state index contributed by atoms with van der Waals surface area (Å²) in [4.78, 5) is 34.3. The number of hydrogen-bond donors (Lipinski definition) is 5. The molecule has 6 atom stereocenters. The molecule has 3 unspecified atom stereocenters. The zero-order chi connectivity index (χ0) is 29.2. The second-order valence-corrected chi connectivity index (χ2v) is 9.83. The lowest BCUT2D eigenvalue weighted by molar-refractivity contribution is -0.252. The Morgan fingerprint density at radius 2 is 1.70 bits per heavy atom. The van der Waals surface area contributed by atoms with Crippen molar-refractivity contribution in [3.63, 3.8) is 0 Å². The Balaban J connectivity index is 1.49. The third kappa shape index (κ3) is 8.53. The molecule has 0 aromatic carbocycles. The first-order valence-electron chi connectivity index (χ1n) is 12.6. The minimum atomic E-state index is -2.63. The minimum Gasteiger partial charge on any atom is -0.394 e. The van der Waals surface area contributed by atoms with Crippen molar-refractivity contribution >= 4 is 8.25 Å². The summed E-state index contributed by atoms with van der Waals surface area (Å²) in [5, 5.41) is 48.0. The van der Waals surface area contributed by atoms with Crippen LogP contribution in [0.15, 0.2) is 22.0 Å². The van der Waals surface area contributed by atoms with Crippen molar-refractivity contribution in [3.05, 3.63) is 44.5 Å². The highest BCUT2D eigenvalue weighted by molar-refractivity contribution is 7.32. The number of aryl methyl sites for hydroxylation is 2. The van der Waals surface area contributed by atoms with Gasteiger partial charge in [-0.3, -0.25) is 18.6 Å². The molecule has 2 aromatic rings. The third-order valence-corrected chi connectivity index (χ3v) is 6.57. The molecule has 0 amide bonds. The summed E-state index contributed by atoms with van der Waals surface area (Å²) in [5.74, 6) is 0. The summed E-state index contributed by atoms with van der Waals surface area (Å²) >= 11 is 0. The average molecular weight is 593 g/mol. The summed E-state index contributed by atoms with van der Waals surface area (Å²) in [6.45, 7) is 2.32. The maximum Gasteiger partial charge on any atom is 0.694 e. The molecule has 0 bridgehead atoms. The van der Waals surface area contributed by atoms with Gasteiger partial charge in [0.05, 0.1) is 39.2 Å². The molecule has 224 valence electrons. The summed E-state index contributed by atoms with van der Waals surface area (Å²) in [6.07, 6.45) is -3.61. The van der Waals surface area contributed by atoms with Gasteiger partial charge in [-0.15, -0.1) is 14.5 Å². The SMILES string of the molecule is Cc1cn([C@@H]2OC(CO)[C@H](O)C(O)[C@@H]2O)c(=O)n(CCCCn2cc(COCCOCCO[P+](=O)O)nn2)c1=O. The van der Waals surface area contributed by atoms with Gasteiger partial charge in [-0.1, -0.05) is 5.21 Å². The Hall–Kier alpha value is -2.44. The average Bonchev–Trinajstić information content (AvgIpc) is 3.38. The monoisotopic (exact) mass is 592 g/mol. The van der Waals surface area contributed by atoms with Gasteiger partial charge in [-0.25, -0.2) is 4.79 Å². The van der Waals surface area contributed by atoms with Gasteiger partial charge in [0.1, 0.15) is 36.7 Å². The molecule has 0 radical (unpaired) electrons. The van der Waals surface area contributed by atoms with Crippen molar-refractivity contribution < 1.29 is 48.6 Å². The van der Waals surface area contributed by atoms with Gasteiger partial charge in [-0.05, 0) is 19.8 Å². The summed E-state index contributed by atoms with van der Waals surface area (Å²) < 4.78 is 34.5. The Bertz CT molecular complexity index is 1220. The van der Waals surface area contributed by atoms with Gasteiger partial charge in [0, 0.05) is 29.4 Å². The second-order valence-electron chi connectivity index (χ2n) is 9.09. The second kappa shape index (κ2) is 15.5. The highest BCUT2D eigenvalue weighted by Gasteiger charge is 2.44. The lowest BCUT2D eigenvalue weighted by Gasteiger charge is -2.40. The standard InChI is InChI=1S/C22H34N5O12P/c1-14-10-27(21-19(31)18(30)17(29)16(12-28)39-21)22(33)26(20(14)32)5-3-2-4-25-11-15(23-24-25)13-37-7-6-36-8-9-38-40(34)35/h10-11,16-19,21,28-31H,2-9,12-13H2,1H3/p+1/t16?,17-,18?,19-,21+/m0/s1. The molecule has 5 N–H and O–H groups in total. The summed E-state index contributed by atoms with van der Waals surface area (Å²) in [7, 11) is -2.63. The van der Waals surface area contributed by atoms with Crippen LogP contribution in [0.5, 0.6) is 0 Å². The molecule has 3 heterocycles. The van der Waals surface area contributed by atoms with Crippen molar-refractivity contribution in [2.75, 3.05) is 33.0 Å².